The van der Waals surface area contributed by atoms with Gasteiger partial charge in [-0.15, -0.1) is 0 Å². The van der Waals surface area contributed by atoms with Crippen LogP contribution in [0.2, 0.25) is 0 Å². The highest BCUT2D eigenvalue weighted by atomic mass is 19.1. The Kier molecular flexibility index (Phi) is 3.13. The van der Waals surface area contributed by atoms with E-state index >= 15 is 0 Å². The van der Waals surface area contributed by atoms with Crippen LogP contribution in [-0.2, 0) is 7.05 Å². The summed E-state index contributed by atoms with van der Waals surface area (Å²) in [5, 5.41) is 4.28. The molecular formula is C15H12F2N4. The van der Waals surface area contributed by atoms with Crippen molar-refractivity contribution in [2.45, 2.75) is 0 Å². The van der Waals surface area contributed by atoms with Gasteiger partial charge >= 0.3 is 0 Å². The second-order valence-corrected chi connectivity index (χ2v) is 4.63. The number of pyridine rings is 1. The SMILES string of the molecule is Cn1nc(-c2cc(F)cc(F)c2)c(-c2ccncc2)c1N. The molecule has 4 nitrogen and oxygen atoms in total. The average Bonchev–Trinajstić information content (AvgIpc) is 2.75. The van der Waals surface area contributed by atoms with Crippen LogP contribution in [0.15, 0.2) is 42.7 Å². The Morgan fingerprint density at radius 3 is 2.24 bits per heavy atom. The third-order valence-electron chi connectivity index (χ3n) is 3.20. The van der Waals surface area contributed by atoms with E-state index in [0.717, 1.165) is 11.6 Å². The predicted octanol–water partition coefficient (Wildman–Crippen LogP) is 3.01. The lowest BCUT2D eigenvalue weighted by molar-refractivity contribution is 0.584. The summed E-state index contributed by atoms with van der Waals surface area (Å²) in [6.07, 6.45) is 3.25. The number of hydrogen-bond acceptors (Lipinski definition) is 3. The Balaban J connectivity index is 2.26. The molecule has 0 saturated heterocycles. The number of nitrogens with two attached hydrogens (primary N) is 1. The molecule has 6 heteroatoms. The molecule has 0 amide bonds. The fourth-order valence-corrected chi connectivity index (χ4v) is 2.23. The zero-order valence-electron chi connectivity index (χ0n) is 11.2. The maximum absolute atomic E-state index is 13.4. The van der Waals surface area contributed by atoms with Gasteiger partial charge in [-0.1, -0.05) is 0 Å². The molecule has 0 unspecified atom stereocenters. The monoisotopic (exact) mass is 286 g/mol. The first-order valence-electron chi connectivity index (χ1n) is 6.25. The van der Waals surface area contributed by atoms with E-state index < -0.39 is 11.6 Å². The molecule has 0 aliphatic carbocycles. The molecule has 3 aromatic rings. The number of anilines is 1. The van der Waals surface area contributed by atoms with Crippen LogP contribution in [0.1, 0.15) is 0 Å². The molecular weight excluding hydrogens is 274 g/mol. The van der Waals surface area contributed by atoms with Gasteiger partial charge in [-0.25, -0.2) is 8.78 Å². The van der Waals surface area contributed by atoms with E-state index in [4.69, 9.17) is 5.73 Å². The summed E-state index contributed by atoms with van der Waals surface area (Å²) in [5.41, 5.74) is 8.23. The van der Waals surface area contributed by atoms with E-state index in [1.165, 1.54) is 16.8 Å². The van der Waals surface area contributed by atoms with Gasteiger partial charge in [-0.3, -0.25) is 9.67 Å². The Morgan fingerprint density at radius 2 is 1.62 bits per heavy atom. The van der Waals surface area contributed by atoms with Gasteiger partial charge in [0, 0.05) is 31.1 Å². The second kappa shape index (κ2) is 4.97. The highest BCUT2D eigenvalue weighted by Gasteiger charge is 2.18. The average molecular weight is 286 g/mol. The van der Waals surface area contributed by atoms with Crippen molar-refractivity contribution in [3.63, 3.8) is 0 Å². The zero-order chi connectivity index (χ0) is 15.0. The predicted molar refractivity (Wildman–Crippen MR) is 76.2 cm³/mol. The van der Waals surface area contributed by atoms with Crippen LogP contribution in [0.3, 0.4) is 0 Å². The highest BCUT2D eigenvalue weighted by Crippen LogP contribution is 2.35. The van der Waals surface area contributed by atoms with E-state index in [1.54, 1.807) is 31.6 Å². The summed E-state index contributed by atoms with van der Waals surface area (Å²) in [6, 6.07) is 6.83. The number of rotatable bonds is 2. The van der Waals surface area contributed by atoms with Gasteiger partial charge in [0.2, 0.25) is 0 Å². The Morgan fingerprint density at radius 1 is 1.00 bits per heavy atom. The maximum atomic E-state index is 13.4. The summed E-state index contributed by atoms with van der Waals surface area (Å²) in [5.74, 6) is -0.898. The molecule has 2 aromatic heterocycles. The second-order valence-electron chi connectivity index (χ2n) is 4.63. The van der Waals surface area contributed by atoms with Crippen LogP contribution >= 0.6 is 0 Å². The van der Waals surface area contributed by atoms with Crippen molar-refractivity contribution in [3.8, 4) is 22.4 Å². The van der Waals surface area contributed by atoms with E-state index in [2.05, 4.69) is 10.1 Å². The summed E-state index contributed by atoms with van der Waals surface area (Å²) in [6.45, 7) is 0. The minimum absolute atomic E-state index is 0.339. The van der Waals surface area contributed by atoms with Gasteiger partial charge in [0.1, 0.15) is 23.1 Å². The number of aromatic nitrogens is 3. The van der Waals surface area contributed by atoms with Crippen molar-refractivity contribution >= 4 is 5.82 Å². The molecule has 1 aromatic carbocycles. The summed E-state index contributed by atoms with van der Waals surface area (Å²) in [4.78, 5) is 3.95. The van der Waals surface area contributed by atoms with Crippen molar-refractivity contribution in [2.75, 3.05) is 5.73 Å². The van der Waals surface area contributed by atoms with Gasteiger partial charge < -0.3 is 5.73 Å². The molecule has 0 spiro atoms. The minimum Gasteiger partial charge on any atom is -0.383 e. The fraction of sp³-hybridized carbons (Fsp3) is 0.0667. The molecule has 106 valence electrons. The van der Waals surface area contributed by atoms with Crippen LogP contribution in [0.4, 0.5) is 14.6 Å². The van der Waals surface area contributed by atoms with Crippen LogP contribution in [0.25, 0.3) is 22.4 Å². The molecule has 0 aliphatic rings. The van der Waals surface area contributed by atoms with Crippen molar-refractivity contribution in [1.82, 2.24) is 14.8 Å². The normalized spacial score (nSPS) is 10.8. The Labute approximate surface area is 119 Å². The maximum Gasteiger partial charge on any atom is 0.129 e. The van der Waals surface area contributed by atoms with Crippen molar-refractivity contribution in [1.29, 1.82) is 0 Å². The van der Waals surface area contributed by atoms with Crippen molar-refractivity contribution in [2.24, 2.45) is 7.05 Å². The molecule has 0 radical (unpaired) electrons. The molecule has 21 heavy (non-hydrogen) atoms. The van der Waals surface area contributed by atoms with Gasteiger partial charge in [0.05, 0.1) is 5.56 Å². The van der Waals surface area contributed by atoms with E-state index in [0.29, 0.717) is 22.6 Å². The standard InChI is InChI=1S/C15H12F2N4/c1-21-15(18)13(9-2-4-19-5-3-9)14(20-21)10-6-11(16)8-12(17)7-10/h2-8H,18H2,1H3. The quantitative estimate of drug-likeness (QED) is 0.788. The molecule has 0 bridgehead atoms. The van der Waals surface area contributed by atoms with Crippen molar-refractivity contribution < 1.29 is 8.78 Å². The lowest BCUT2D eigenvalue weighted by Gasteiger charge is -2.04. The molecule has 2 heterocycles. The van der Waals surface area contributed by atoms with E-state index in [9.17, 15) is 8.78 Å². The van der Waals surface area contributed by atoms with Crippen LogP contribution < -0.4 is 5.73 Å². The third-order valence-corrected chi connectivity index (χ3v) is 3.20. The first-order chi connectivity index (χ1) is 10.1. The number of halogens is 2. The highest BCUT2D eigenvalue weighted by molar-refractivity contribution is 5.87. The van der Waals surface area contributed by atoms with Gasteiger partial charge in [-0.05, 0) is 29.8 Å². The minimum atomic E-state index is -0.657. The number of hydrogen-bond donors (Lipinski definition) is 1. The summed E-state index contributed by atoms with van der Waals surface area (Å²) in [7, 11) is 1.68. The Bertz CT molecular complexity index is 777. The number of nitrogens with zero attached hydrogens (tertiary/aromatic N) is 3. The lowest BCUT2D eigenvalue weighted by Crippen LogP contribution is -1.97. The molecule has 2 N–H and O–H groups in total. The number of aryl methyl sites for hydroxylation is 1. The van der Waals surface area contributed by atoms with Gasteiger partial charge in [-0.2, -0.15) is 5.10 Å². The first-order valence-corrected chi connectivity index (χ1v) is 6.25. The zero-order valence-corrected chi connectivity index (χ0v) is 11.2. The number of nitrogen functional groups attached to an aromatic ring is 1. The van der Waals surface area contributed by atoms with Gasteiger partial charge in [0.15, 0.2) is 0 Å². The molecule has 0 fully saturated rings. The Hall–Kier alpha value is -2.76. The topological polar surface area (TPSA) is 56.7 Å². The van der Waals surface area contributed by atoms with Crippen LogP contribution in [-0.4, -0.2) is 14.8 Å². The van der Waals surface area contributed by atoms with Gasteiger partial charge in [0.25, 0.3) is 0 Å². The third kappa shape index (κ3) is 2.35. The van der Waals surface area contributed by atoms with Crippen LogP contribution in [0, 0.1) is 11.6 Å². The lowest BCUT2D eigenvalue weighted by atomic mass is 10.0. The fourth-order valence-electron chi connectivity index (χ4n) is 2.23. The van der Waals surface area contributed by atoms with E-state index in [-0.39, 0.29) is 0 Å². The molecule has 0 aliphatic heterocycles. The molecule has 3 rings (SSSR count). The van der Waals surface area contributed by atoms with Crippen LogP contribution in [0.5, 0.6) is 0 Å². The molecule has 0 atom stereocenters. The van der Waals surface area contributed by atoms with E-state index in [1.807, 2.05) is 0 Å². The summed E-state index contributed by atoms with van der Waals surface area (Å²) < 4.78 is 28.4. The first kappa shape index (κ1) is 13.2. The van der Waals surface area contributed by atoms with Crippen molar-refractivity contribution in [3.05, 3.63) is 54.4 Å². The largest absolute Gasteiger partial charge is 0.383 e. The molecule has 0 saturated carbocycles. The smallest absolute Gasteiger partial charge is 0.129 e. The summed E-state index contributed by atoms with van der Waals surface area (Å²) >= 11 is 0. The number of benzene rings is 1.